The average molecular weight is 416 g/mol. The minimum atomic E-state index is -0.761. The number of rotatable bonds is 5. The molecule has 1 fully saturated rings. The number of pyridine rings is 1. The summed E-state index contributed by atoms with van der Waals surface area (Å²) in [6.45, 7) is 4.82. The molecule has 0 radical (unpaired) electrons. The quantitative estimate of drug-likeness (QED) is 0.392. The van der Waals surface area contributed by atoms with Crippen LogP contribution in [0, 0.1) is 26.7 Å². The lowest BCUT2D eigenvalue weighted by atomic mass is 10.1. The third-order valence-corrected chi connectivity index (χ3v) is 5.59. The highest BCUT2D eigenvalue weighted by Gasteiger charge is 2.31. The number of ketones is 1. The third-order valence-electron chi connectivity index (χ3n) is 5.59. The van der Waals surface area contributed by atoms with Crippen LogP contribution in [-0.2, 0) is 11.8 Å². The zero-order valence-electron chi connectivity index (χ0n) is 17.4. The van der Waals surface area contributed by atoms with Crippen LogP contribution in [0.4, 0.5) is 10.1 Å². The first-order valence-corrected chi connectivity index (χ1v) is 9.72. The Morgan fingerprint density at radius 1 is 1.23 bits per heavy atom. The van der Waals surface area contributed by atoms with Gasteiger partial charge in [0.15, 0.2) is 0 Å². The van der Waals surface area contributed by atoms with Crippen LogP contribution in [0.15, 0.2) is 12.3 Å². The summed E-state index contributed by atoms with van der Waals surface area (Å²) in [4.78, 5) is 41.7. The van der Waals surface area contributed by atoms with Crippen molar-refractivity contribution in [2.45, 2.75) is 52.2 Å². The van der Waals surface area contributed by atoms with Crippen LogP contribution in [-0.4, -0.2) is 44.4 Å². The molecule has 2 aromatic rings. The first kappa shape index (κ1) is 21.6. The summed E-state index contributed by atoms with van der Waals surface area (Å²) in [7, 11) is 1.61. The number of anilines is 1. The zero-order valence-corrected chi connectivity index (χ0v) is 17.4. The van der Waals surface area contributed by atoms with Gasteiger partial charge in [-0.05, 0) is 51.7 Å². The van der Waals surface area contributed by atoms with Gasteiger partial charge in [0, 0.05) is 24.3 Å². The van der Waals surface area contributed by atoms with Gasteiger partial charge in [0.05, 0.1) is 29.2 Å². The zero-order chi connectivity index (χ0) is 22.2. The second-order valence-corrected chi connectivity index (χ2v) is 7.75. The van der Waals surface area contributed by atoms with E-state index >= 15 is 0 Å². The fraction of sp³-hybridized carbons (Fsp3) is 0.429. The fourth-order valence-electron chi connectivity index (χ4n) is 3.90. The van der Waals surface area contributed by atoms with Crippen LogP contribution in [0.3, 0.4) is 0 Å². The first-order valence-electron chi connectivity index (χ1n) is 9.72. The molecule has 1 saturated carbocycles. The highest BCUT2D eigenvalue weighted by atomic mass is 19.1. The summed E-state index contributed by atoms with van der Waals surface area (Å²) < 4.78 is 14.9. The van der Waals surface area contributed by atoms with Crippen molar-refractivity contribution >= 4 is 23.3 Å². The number of aliphatic hydroxyl groups excluding tert-OH is 1. The van der Waals surface area contributed by atoms with E-state index in [4.69, 9.17) is 0 Å². The third kappa shape index (κ3) is 4.11. The number of hydrogen-bond acceptors (Lipinski definition) is 5. The number of aliphatic hydroxyl groups is 1. The van der Waals surface area contributed by atoms with E-state index in [0.29, 0.717) is 41.8 Å². The molecule has 3 N–H and O–H groups in total. The van der Waals surface area contributed by atoms with E-state index < -0.39 is 29.6 Å². The average Bonchev–Trinajstić information content (AvgIpc) is 3.18. The maximum absolute atomic E-state index is 13.4. The lowest BCUT2D eigenvalue weighted by Gasteiger charge is -2.12. The molecular formula is C21H25FN4O4. The van der Waals surface area contributed by atoms with Gasteiger partial charge in [-0.15, -0.1) is 0 Å². The molecule has 8 nitrogen and oxygen atoms in total. The molecule has 2 aromatic heterocycles. The fourth-order valence-corrected chi connectivity index (χ4v) is 3.90. The number of carbonyl (C=O) groups excluding carboxylic acids is 3. The molecular weight excluding hydrogens is 391 g/mol. The lowest BCUT2D eigenvalue weighted by molar-refractivity contribution is -0.117. The van der Waals surface area contributed by atoms with Gasteiger partial charge in [-0.3, -0.25) is 14.4 Å². The molecule has 2 heterocycles. The first-order chi connectivity index (χ1) is 14.1. The van der Waals surface area contributed by atoms with Gasteiger partial charge in [0.25, 0.3) is 17.6 Å². The standard InChI is InChI=1S/C21H25FN4O4/c1-10-7-14(9-23-19(10)22)25-20(29)16-11(2)17(26(4)12(16)3)18(28)21(30)24-13-5-6-15(27)8-13/h7,9,13,15,27H,5-6,8H2,1-4H3,(H,24,30)(H,25,29)/t13-,15-/m1/s1. The van der Waals surface area contributed by atoms with Gasteiger partial charge >= 0.3 is 0 Å². The van der Waals surface area contributed by atoms with Crippen LogP contribution >= 0.6 is 0 Å². The second-order valence-electron chi connectivity index (χ2n) is 7.75. The second kappa shape index (κ2) is 8.35. The predicted octanol–water partition coefficient (Wildman–Crippen LogP) is 1.95. The minimum Gasteiger partial charge on any atom is -0.393 e. The number of aryl methyl sites for hydroxylation is 1. The Labute approximate surface area is 173 Å². The number of carbonyl (C=O) groups is 3. The Hall–Kier alpha value is -3.07. The van der Waals surface area contributed by atoms with Crippen LogP contribution in [0.25, 0.3) is 0 Å². The Bertz CT molecular complexity index is 1030. The Balaban J connectivity index is 1.83. The summed E-state index contributed by atoms with van der Waals surface area (Å²) in [6, 6.07) is 1.22. The molecule has 0 aliphatic heterocycles. The number of hydrogen-bond donors (Lipinski definition) is 3. The van der Waals surface area contributed by atoms with Gasteiger partial charge in [-0.25, -0.2) is 4.98 Å². The number of aromatic nitrogens is 2. The molecule has 3 rings (SSSR count). The van der Waals surface area contributed by atoms with Crippen molar-refractivity contribution in [1.29, 1.82) is 0 Å². The van der Waals surface area contributed by atoms with Gasteiger partial charge < -0.3 is 20.3 Å². The summed E-state index contributed by atoms with van der Waals surface area (Å²) in [5.74, 6) is -2.60. The molecule has 2 atom stereocenters. The van der Waals surface area contributed by atoms with E-state index in [9.17, 15) is 23.9 Å². The van der Waals surface area contributed by atoms with E-state index in [-0.39, 0.29) is 17.3 Å². The van der Waals surface area contributed by atoms with Gasteiger partial charge in [0.1, 0.15) is 0 Å². The molecule has 2 amide bonds. The maximum atomic E-state index is 13.4. The molecule has 160 valence electrons. The molecule has 0 spiro atoms. The predicted molar refractivity (Wildman–Crippen MR) is 108 cm³/mol. The minimum absolute atomic E-state index is 0.127. The van der Waals surface area contributed by atoms with Crippen molar-refractivity contribution < 1.29 is 23.9 Å². The Kier molecular flexibility index (Phi) is 6.02. The van der Waals surface area contributed by atoms with Crippen LogP contribution < -0.4 is 10.6 Å². The van der Waals surface area contributed by atoms with Crippen molar-refractivity contribution in [2.75, 3.05) is 5.32 Å². The van der Waals surface area contributed by atoms with Crippen molar-refractivity contribution in [2.24, 2.45) is 7.05 Å². The van der Waals surface area contributed by atoms with Crippen LogP contribution in [0.2, 0.25) is 0 Å². The van der Waals surface area contributed by atoms with Gasteiger partial charge in [-0.1, -0.05) is 0 Å². The Morgan fingerprint density at radius 2 is 1.93 bits per heavy atom. The largest absolute Gasteiger partial charge is 0.393 e. The monoisotopic (exact) mass is 416 g/mol. The molecule has 1 aliphatic rings. The molecule has 1 aliphatic carbocycles. The number of amides is 2. The topological polar surface area (TPSA) is 113 Å². The van der Waals surface area contributed by atoms with Crippen molar-refractivity contribution in [3.63, 3.8) is 0 Å². The highest BCUT2D eigenvalue weighted by Crippen LogP contribution is 2.24. The van der Waals surface area contributed by atoms with E-state index in [2.05, 4.69) is 15.6 Å². The molecule has 30 heavy (non-hydrogen) atoms. The molecule has 0 aromatic carbocycles. The summed E-state index contributed by atoms with van der Waals surface area (Å²) in [6.07, 6.45) is 2.36. The number of nitrogens with zero attached hydrogens (tertiary/aromatic N) is 2. The van der Waals surface area contributed by atoms with Crippen LogP contribution in [0.5, 0.6) is 0 Å². The van der Waals surface area contributed by atoms with Gasteiger partial charge in [0.2, 0.25) is 5.95 Å². The maximum Gasteiger partial charge on any atom is 0.294 e. The van der Waals surface area contributed by atoms with Crippen molar-refractivity contribution in [1.82, 2.24) is 14.9 Å². The van der Waals surface area contributed by atoms with E-state index in [0.717, 1.165) is 0 Å². The summed E-state index contributed by atoms with van der Waals surface area (Å²) >= 11 is 0. The summed E-state index contributed by atoms with van der Waals surface area (Å²) in [5, 5.41) is 14.9. The number of halogens is 1. The smallest absolute Gasteiger partial charge is 0.294 e. The van der Waals surface area contributed by atoms with Crippen molar-refractivity contribution in [3.05, 3.63) is 46.3 Å². The highest BCUT2D eigenvalue weighted by molar-refractivity contribution is 6.43. The van der Waals surface area contributed by atoms with Crippen molar-refractivity contribution in [3.8, 4) is 0 Å². The van der Waals surface area contributed by atoms with E-state index in [1.54, 1.807) is 20.9 Å². The van der Waals surface area contributed by atoms with Gasteiger partial charge in [-0.2, -0.15) is 4.39 Å². The normalized spacial score (nSPS) is 18.3. The summed E-state index contributed by atoms with van der Waals surface area (Å²) in [5.41, 5.74) is 1.91. The van der Waals surface area contributed by atoms with E-state index in [1.165, 1.54) is 23.8 Å². The number of nitrogens with one attached hydrogen (secondary N) is 2. The molecule has 9 heteroatoms. The lowest BCUT2D eigenvalue weighted by Crippen LogP contribution is -2.39. The molecule has 0 bridgehead atoms. The number of Topliss-reactive ketones (excluding diaryl/α,β-unsaturated/α-hetero) is 1. The SMILES string of the molecule is Cc1cc(NC(=O)c2c(C)c(C(=O)C(=O)N[C@@H]3CC[C@@H](O)C3)n(C)c2C)cnc1F. The van der Waals surface area contributed by atoms with Crippen LogP contribution in [0.1, 0.15) is 56.9 Å². The molecule has 0 saturated heterocycles. The van der Waals surface area contributed by atoms with E-state index in [1.807, 2.05) is 0 Å². The Morgan fingerprint density at radius 3 is 2.53 bits per heavy atom. The molecule has 0 unspecified atom stereocenters.